The molecule has 0 heterocycles. The van der Waals surface area contributed by atoms with E-state index < -0.39 is 5.25 Å². The van der Waals surface area contributed by atoms with Crippen LogP contribution in [0.2, 0.25) is 0 Å². The van der Waals surface area contributed by atoms with E-state index in [0.29, 0.717) is 5.75 Å². The predicted octanol–water partition coefficient (Wildman–Crippen LogP) is 2.34. The molecular weight excluding hydrogens is 180 g/mol. The van der Waals surface area contributed by atoms with E-state index in [4.69, 9.17) is 10.5 Å². The van der Waals surface area contributed by atoms with Crippen LogP contribution in [0, 0.1) is 22.7 Å². The van der Waals surface area contributed by atoms with E-state index in [1.54, 1.807) is 0 Å². The molecule has 0 aliphatic heterocycles. The van der Waals surface area contributed by atoms with Gasteiger partial charge in [-0.2, -0.15) is 10.5 Å². The molecule has 0 unspecified atom stereocenters. The van der Waals surface area contributed by atoms with Crippen LogP contribution in [0.15, 0.2) is 30.3 Å². The third-order valence-electron chi connectivity index (χ3n) is 1.49. The van der Waals surface area contributed by atoms with Crippen molar-refractivity contribution in [2.45, 2.75) is 11.0 Å². The van der Waals surface area contributed by atoms with Gasteiger partial charge in [-0.1, -0.05) is 30.3 Å². The molecule has 0 amide bonds. The Bertz CT molecular complexity index is 320. The molecule has 64 valence electrons. The van der Waals surface area contributed by atoms with Crippen LogP contribution in [0.3, 0.4) is 0 Å². The standard InChI is InChI=1S/C10H8N2S/c11-6-10(7-12)13-8-9-4-2-1-3-5-9/h1-5,10H,8H2. The van der Waals surface area contributed by atoms with Gasteiger partial charge in [0.2, 0.25) is 0 Å². The molecule has 0 bridgehead atoms. The molecule has 2 nitrogen and oxygen atoms in total. The van der Waals surface area contributed by atoms with Gasteiger partial charge in [0.25, 0.3) is 0 Å². The van der Waals surface area contributed by atoms with Gasteiger partial charge in [0.05, 0.1) is 12.1 Å². The fraction of sp³-hybridized carbons (Fsp3) is 0.200. The van der Waals surface area contributed by atoms with Crippen LogP contribution in [0.5, 0.6) is 0 Å². The van der Waals surface area contributed by atoms with Crippen LogP contribution in [-0.4, -0.2) is 5.25 Å². The van der Waals surface area contributed by atoms with Crippen molar-refractivity contribution >= 4 is 11.8 Å². The zero-order valence-electron chi connectivity index (χ0n) is 6.97. The largest absolute Gasteiger partial charge is 0.196 e. The second kappa shape index (κ2) is 5.24. The highest BCUT2D eigenvalue weighted by molar-refractivity contribution is 7.99. The molecule has 0 atom stereocenters. The molecule has 0 aliphatic carbocycles. The molecule has 1 aromatic rings. The zero-order chi connectivity index (χ0) is 9.52. The summed E-state index contributed by atoms with van der Waals surface area (Å²) in [6.45, 7) is 0. The second-order valence-corrected chi connectivity index (χ2v) is 3.53. The number of rotatable bonds is 3. The van der Waals surface area contributed by atoms with Crippen LogP contribution >= 0.6 is 11.8 Å². The summed E-state index contributed by atoms with van der Waals surface area (Å²) in [6, 6.07) is 13.7. The number of nitrogens with zero attached hydrogens (tertiary/aromatic N) is 2. The van der Waals surface area contributed by atoms with Gasteiger partial charge in [-0.25, -0.2) is 0 Å². The summed E-state index contributed by atoms with van der Waals surface area (Å²) in [4.78, 5) is 0. The molecule has 1 aromatic carbocycles. The molecule has 0 aliphatic rings. The monoisotopic (exact) mass is 188 g/mol. The van der Waals surface area contributed by atoms with Gasteiger partial charge >= 0.3 is 0 Å². The summed E-state index contributed by atoms with van der Waals surface area (Å²) in [5.41, 5.74) is 1.14. The van der Waals surface area contributed by atoms with Gasteiger partial charge in [0.1, 0.15) is 0 Å². The van der Waals surface area contributed by atoms with Crippen LogP contribution in [0.4, 0.5) is 0 Å². The molecule has 3 heteroatoms. The first-order valence-corrected chi connectivity index (χ1v) is 4.86. The summed E-state index contributed by atoms with van der Waals surface area (Å²) in [7, 11) is 0. The van der Waals surface area contributed by atoms with Crippen molar-refractivity contribution in [3.63, 3.8) is 0 Å². The number of benzene rings is 1. The van der Waals surface area contributed by atoms with Gasteiger partial charge in [0, 0.05) is 5.75 Å². The SMILES string of the molecule is N#CC(C#N)SCc1ccccc1. The molecule has 0 aromatic heterocycles. The fourth-order valence-corrected chi connectivity index (χ4v) is 1.56. The summed E-state index contributed by atoms with van der Waals surface area (Å²) < 4.78 is 0. The number of hydrogen-bond acceptors (Lipinski definition) is 3. The molecule has 0 saturated heterocycles. The maximum atomic E-state index is 8.51. The first-order chi connectivity index (χ1) is 6.36. The highest BCUT2D eigenvalue weighted by atomic mass is 32.2. The molecule has 0 N–H and O–H groups in total. The molecule has 1 rings (SSSR count). The second-order valence-electron chi connectivity index (χ2n) is 2.43. The molecule has 13 heavy (non-hydrogen) atoms. The van der Waals surface area contributed by atoms with E-state index in [-0.39, 0.29) is 0 Å². The minimum absolute atomic E-state index is 0.555. The highest BCUT2D eigenvalue weighted by Crippen LogP contribution is 2.16. The Kier molecular flexibility index (Phi) is 3.88. The summed E-state index contributed by atoms with van der Waals surface area (Å²) in [5, 5.41) is 16.5. The van der Waals surface area contributed by atoms with Gasteiger partial charge in [-0.3, -0.25) is 0 Å². The lowest BCUT2D eigenvalue weighted by atomic mass is 10.2. The Morgan fingerprint density at radius 1 is 1.15 bits per heavy atom. The van der Waals surface area contributed by atoms with Crippen LogP contribution in [-0.2, 0) is 5.75 Å². The Balaban J connectivity index is 2.45. The van der Waals surface area contributed by atoms with Crippen molar-refractivity contribution < 1.29 is 0 Å². The lowest BCUT2D eigenvalue weighted by molar-refractivity contribution is 1.32. The topological polar surface area (TPSA) is 47.6 Å². The maximum absolute atomic E-state index is 8.51. The van der Waals surface area contributed by atoms with E-state index in [1.165, 1.54) is 11.8 Å². The van der Waals surface area contributed by atoms with Gasteiger partial charge in [0.15, 0.2) is 5.25 Å². The maximum Gasteiger partial charge on any atom is 0.178 e. The van der Waals surface area contributed by atoms with Crippen molar-refractivity contribution in [3.05, 3.63) is 35.9 Å². The highest BCUT2D eigenvalue weighted by Gasteiger charge is 2.04. The van der Waals surface area contributed by atoms with Crippen molar-refractivity contribution in [2.24, 2.45) is 0 Å². The van der Waals surface area contributed by atoms with E-state index in [1.807, 2.05) is 42.5 Å². The fourth-order valence-electron chi connectivity index (χ4n) is 0.857. The Morgan fingerprint density at radius 2 is 1.77 bits per heavy atom. The van der Waals surface area contributed by atoms with Crippen LogP contribution in [0.25, 0.3) is 0 Å². The lowest BCUT2D eigenvalue weighted by Crippen LogP contribution is -1.94. The molecule has 0 spiro atoms. The number of thioether (sulfide) groups is 1. The van der Waals surface area contributed by atoms with Crippen molar-refractivity contribution in [3.8, 4) is 12.1 Å². The summed E-state index contributed by atoms with van der Waals surface area (Å²) >= 11 is 1.35. The van der Waals surface area contributed by atoms with Crippen molar-refractivity contribution in [1.29, 1.82) is 10.5 Å². The molecule has 0 fully saturated rings. The Morgan fingerprint density at radius 3 is 2.31 bits per heavy atom. The lowest BCUT2D eigenvalue weighted by Gasteiger charge is -1.99. The summed E-state index contributed by atoms with van der Waals surface area (Å²) in [5.74, 6) is 0.715. The van der Waals surface area contributed by atoms with E-state index >= 15 is 0 Å². The van der Waals surface area contributed by atoms with Gasteiger partial charge in [-0.05, 0) is 5.56 Å². The van der Waals surface area contributed by atoms with Crippen LogP contribution < -0.4 is 0 Å². The van der Waals surface area contributed by atoms with E-state index in [0.717, 1.165) is 5.56 Å². The first-order valence-electron chi connectivity index (χ1n) is 3.81. The molecule has 0 radical (unpaired) electrons. The number of nitriles is 2. The third kappa shape index (κ3) is 3.19. The molecular formula is C10H8N2S. The minimum Gasteiger partial charge on any atom is -0.196 e. The summed E-state index contributed by atoms with van der Waals surface area (Å²) in [6.07, 6.45) is 0. The Labute approximate surface area is 81.8 Å². The minimum atomic E-state index is -0.555. The Hall–Kier alpha value is -1.45. The first kappa shape index (κ1) is 9.64. The zero-order valence-corrected chi connectivity index (χ0v) is 7.79. The number of hydrogen-bond donors (Lipinski definition) is 0. The van der Waals surface area contributed by atoms with Crippen molar-refractivity contribution in [1.82, 2.24) is 0 Å². The van der Waals surface area contributed by atoms with Crippen molar-refractivity contribution in [2.75, 3.05) is 0 Å². The van der Waals surface area contributed by atoms with Gasteiger partial charge < -0.3 is 0 Å². The van der Waals surface area contributed by atoms with E-state index in [9.17, 15) is 0 Å². The van der Waals surface area contributed by atoms with Gasteiger partial charge in [-0.15, -0.1) is 11.8 Å². The average molecular weight is 188 g/mol. The van der Waals surface area contributed by atoms with E-state index in [2.05, 4.69) is 0 Å². The third-order valence-corrected chi connectivity index (χ3v) is 2.54. The normalized spacial score (nSPS) is 9.15. The smallest absolute Gasteiger partial charge is 0.178 e. The quantitative estimate of drug-likeness (QED) is 0.731. The average Bonchev–Trinajstić information content (AvgIpc) is 2.21. The predicted molar refractivity (Wildman–Crippen MR) is 52.8 cm³/mol. The van der Waals surface area contributed by atoms with Crippen LogP contribution in [0.1, 0.15) is 5.56 Å². The molecule has 0 saturated carbocycles.